The van der Waals surface area contributed by atoms with Crippen molar-refractivity contribution in [2.75, 3.05) is 0 Å². The first-order chi connectivity index (χ1) is 8.18. The first-order valence-electron chi connectivity index (χ1n) is 4.51. The molecule has 0 aliphatic rings. The average molecular weight is 248 g/mol. The van der Waals surface area contributed by atoms with E-state index in [1.54, 1.807) is 12.4 Å². The molecule has 4 N–H and O–H groups in total. The largest absolute Gasteiger partial charge is 0.505 e. The van der Waals surface area contributed by atoms with E-state index in [4.69, 9.17) is 11.1 Å². The van der Waals surface area contributed by atoms with Gasteiger partial charge in [0, 0.05) is 12.4 Å². The summed E-state index contributed by atoms with van der Waals surface area (Å²) in [5.41, 5.74) is 5.52. The van der Waals surface area contributed by atoms with Crippen molar-refractivity contribution in [3.05, 3.63) is 30.4 Å². The van der Waals surface area contributed by atoms with Gasteiger partial charge in [0.1, 0.15) is 21.6 Å². The van der Waals surface area contributed by atoms with Crippen LogP contribution in [-0.2, 0) is 0 Å². The molecular formula is C9H8N6OS. The van der Waals surface area contributed by atoms with Crippen molar-refractivity contribution in [2.24, 2.45) is 5.73 Å². The number of hydrogen-bond donors (Lipinski definition) is 3. The molecule has 0 aliphatic carbocycles. The number of nitrogens with zero attached hydrogens (tertiary/aromatic N) is 4. The van der Waals surface area contributed by atoms with Gasteiger partial charge in [-0.15, -0.1) is 5.10 Å². The SMILES string of the molecule is N=C(N)c1c(O)cnnc1Sc1cnccn1. The number of aromatic hydroxyl groups is 1. The minimum atomic E-state index is -0.274. The van der Waals surface area contributed by atoms with E-state index in [0.29, 0.717) is 10.1 Å². The Hall–Kier alpha value is -2.22. The highest BCUT2D eigenvalue weighted by Crippen LogP contribution is 2.29. The molecule has 8 heteroatoms. The van der Waals surface area contributed by atoms with Crippen molar-refractivity contribution < 1.29 is 5.11 Å². The van der Waals surface area contributed by atoms with Gasteiger partial charge in [-0.1, -0.05) is 0 Å². The van der Waals surface area contributed by atoms with Crippen LogP contribution < -0.4 is 5.73 Å². The summed E-state index contributed by atoms with van der Waals surface area (Å²) >= 11 is 1.13. The zero-order chi connectivity index (χ0) is 12.3. The van der Waals surface area contributed by atoms with E-state index in [9.17, 15) is 5.11 Å². The maximum atomic E-state index is 9.57. The molecule has 0 atom stereocenters. The Kier molecular flexibility index (Phi) is 3.15. The smallest absolute Gasteiger partial charge is 0.149 e. The molecule has 0 aliphatic heterocycles. The van der Waals surface area contributed by atoms with E-state index in [-0.39, 0.29) is 17.1 Å². The molecular weight excluding hydrogens is 240 g/mol. The van der Waals surface area contributed by atoms with Gasteiger partial charge in [-0.2, -0.15) is 5.10 Å². The monoisotopic (exact) mass is 248 g/mol. The molecule has 0 saturated carbocycles. The topological polar surface area (TPSA) is 122 Å². The van der Waals surface area contributed by atoms with E-state index in [1.165, 1.54) is 6.20 Å². The van der Waals surface area contributed by atoms with Crippen LogP contribution in [0.4, 0.5) is 0 Å². The number of amidine groups is 1. The quantitative estimate of drug-likeness (QED) is 0.531. The third kappa shape index (κ3) is 2.48. The molecule has 2 aromatic heterocycles. The summed E-state index contributed by atoms with van der Waals surface area (Å²) in [6, 6.07) is 0. The maximum Gasteiger partial charge on any atom is 0.149 e. The minimum absolute atomic E-state index is 0.149. The van der Waals surface area contributed by atoms with Crippen LogP contribution in [0.3, 0.4) is 0 Å². The van der Waals surface area contributed by atoms with Gasteiger partial charge in [0.15, 0.2) is 0 Å². The number of rotatable bonds is 3. The van der Waals surface area contributed by atoms with Gasteiger partial charge < -0.3 is 10.8 Å². The highest BCUT2D eigenvalue weighted by Gasteiger charge is 2.14. The van der Waals surface area contributed by atoms with Crippen LogP contribution in [0.2, 0.25) is 0 Å². The Morgan fingerprint density at radius 3 is 2.82 bits per heavy atom. The standard InChI is InChI=1S/C9H8N6OS/c10-8(11)7-5(16)3-14-15-9(7)17-6-4-12-1-2-13-6/h1-4H,(H3,10,11)(H,15,16). The predicted molar refractivity (Wildman–Crippen MR) is 60.9 cm³/mol. The van der Waals surface area contributed by atoms with Crippen molar-refractivity contribution in [1.82, 2.24) is 20.2 Å². The zero-order valence-electron chi connectivity index (χ0n) is 8.53. The fourth-order valence-electron chi connectivity index (χ4n) is 1.12. The van der Waals surface area contributed by atoms with Gasteiger partial charge in [0.2, 0.25) is 0 Å². The molecule has 86 valence electrons. The molecule has 0 bridgehead atoms. The summed E-state index contributed by atoms with van der Waals surface area (Å²) in [6.07, 6.45) is 5.76. The maximum absolute atomic E-state index is 9.57. The van der Waals surface area contributed by atoms with E-state index in [0.717, 1.165) is 18.0 Å². The van der Waals surface area contributed by atoms with Gasteiger partial charge in [0.25, 0.3) is 0 Å². The summed E-state index contributed by atoms with van der Waals surface area (Å²) in [5.74, 6) is -0.456. The molecule has 7 nitrogen and oxygen atoms in total. The van der Waals surface area contributed by atoms with Crippen LogP contribution in [0.25, 0.3) is 0 Å². The van der Waals surface area contributed by atoms with Gasteiger partial charge >= 0.3 is 0 Å². The molecule has 0 amide bonds. The van der Waals surface area contributed by atoms with Gasteiger partial charge in [-0.3, -0.25) is 10.4 Å². The molecule has 0 aromatic carbocycles. The highest BCUT2D eigenvalue weighted by molar-refractivity contribution is 7.99. The summed E-state index contributed by atoms with van der Waals surface area (Å²) in [7, 11) is 0. The van der Waals surface area contributed by atoms with Crippen molar-refractivity contribution in [1.29, 1.82) is 5.41 Å². The Morgan fingerprint density at radius 2 is 2.18 bits per heavy atom. The summed E-state index contributed by atoms with van der Waals surface area (Å²) in [6.45, 7) is 0. The van der Waals surface area contributed by atoms with E-state index < -0.39 is 0 Å². The summed E-state index contributed by atoms with van der Waals surface area (Å²) in [5, 5.41) is 25.3. The molecule has 0 radical (unpaired) electrons. The van der Waals surface area contributed by atoms with E-state index in [2.05, 4.69) is 20.2 Å². The average Bonchev–Trinajstić information content (AvgIpc) is 2.30. The van der Waals surface area contributed by atoms with Crippen LogP contribution in [0.1, 0.15) is 5.56 Å². The van der Waals surface area contributed by atoms with Crippen LogP contribution in [0.5, 0.6) is 5.75 Å². The summed E-state index contributed by atoms with van der Waals surface area (Å²) < 4.78 is 0. The lowest BCUT2D eigenvalue weighted by molar-refractivity contribution is 0.466. The Morgan fingerprint density at radius 1 is 1.35 bits per heavy atom. The second-order valence-electron chi connectivity index (χ2n) is 2.97. The lowest BCUT2D eigenvalue weighted by Gasteiger charge is -2.06. The molecule has 2 rings (SSSR count). The zero-order valence-corrected chi connectivity index (χ0v) is 9.35. The fourth-order valence-corrected chi connectivity index (χ4v) is 1.95. The van der Waals surface area contributed by atoms with Crippen molar-refractivity contribution in [3.8, 4) is 5.75 Å². The Labute approximate surface area is 101 Å². The van der Waals surface area contributed by atoms with Gasteiger partial charge in [-0.25, -0.2) is 4.98 Å². The number of nitrogens with one attached hydrogen (secondary N) is 1. The molecule has 0 fully saturated rings. The highest BCUT2D eigenvalue weighted by atomic mass is 32.2. The first-order valence-corrected chi connectivity index (χ1v) is 5.33. The second-order valence-corrected chi connectivity index (χ2v) is 3.98. The minimum Gasteiger partial charge on any atom is -0.505 e. The Balaban J connectivity index is 2.40. The fraction of sp³-hybridized carbons (Fsp3) is 0. The Bertz CT molecular complexity index is 546. The normalized spacial score (nSPS) is 10.1. The van der Waals surface area contributed by atoms with Gasteiger partial charge in [0.05, 0.1) is 18.0 Å². The van der Waals surface area contributed by atoms with Crippen molar-refractivity contribution >= 4 is 17.6 Å². The molecule has 0 saturated heterocycles. The molecule has 0 spiro atoms. The van der Waals surface area contributed by atoms with Crippen LogP contribution in [-0.4, -0.2) is 31.1 Å². The van der Waals surface area contributed by atoms with Crippen LogP contribution >= 0.6 is 11.8 Å². The van der Waals surface area contributed by atoms with Crippen molar-refractivity contribution in [2.45, 2.75) is 10.1 Å². The van der Waals surface area contributed by atoms with E-state index in [1.807, 2.05) is 0 Å². The third-order valence-corrected chi connectivity index (χ3v) is 2.71. The molecule has 17 heavy (non-hydrogen) atoms. The van der Waals surface area contributed by atoms with E-state index >= 15 is 0 Å². The lowest BCUT2D eigenvalue weighted by atomic mass is 10.3. The molecule has 2 aromatic rings. The number of nitrogen functional groups attached to an aromatic ring is 1. The van der Waals surface area contributed by atoms with Crippen LogP contribution in [0, 0.1) is 5.41 Å². The second kappa shape index (κ2) is 4.74. The lowest BCUT2D eigenvalue weighted by Crippen LogP contribution is -2.14. The third-order valence-electron chi connectivity index (χ3n) is 1.81. The van der Waals surface area contributed by atoms with Crippen LogP contribution in [0.15, 0.2) is 34.8 Å². The number of aromatic nitrogens is 4. The first kappa shape index (κ1) is 11.3. The van der Waals surface area contributed by atoms with Crippen molar-refractivity contribution in [3.63, 3.8) is 0 Å². The predicted octanol–water partition coefficient (Wildman–Crippen LogP) is 0.407. The molecule has 0 unspecified atom stereocenters. The summed E-state index contributed by atoms with van der Waals surface area (Å²) in [4.78, 5) is 7.94. The molecule has 2 heterocycles. The van der Waals surface area contributed by atoms with Gasteiger partial charge in [-0.05, 0) is 11.8 Å². The number of nitrogens with two attached hydrogens (primary N) is 1. The number of hydrogen-bond acceptors (Lipinski definition) is 7.